The molecule has 1 amide bonds. The molecule has 0 saturated carbocycles. The van der Waals surface area contributed by atoms with E-state index in [9.17, 15) is 13.6 Å². The summed E-state index contributed by atoms with van der Waals surface area (Å²) < 4.78 is 26.4. The van der Waals surface area contributed by atoms with Crippen LogP contribution in [0.15, 0.2) is 30.5 Å². The van der Waals surface area contributed by atoms with E-state index in [-0.39, 0.29) is 11.3 Å². The molecule has 0 bridgehead atoms. The second-order valence-electron chi connectivity index (χ2n) is 7.93. The third kappa shape index (κ3) is 4.18. The summed E-state index contributed by atoms with van der Waals surface area (Å²) in [5.41, 5.74) is 2.47. The third-order valence-electron chi connectivity index (χ3n) is 5.25. The molecule has 7 heteroatoms. The zero-order chi connectivity index (χ0) is 19.8. The summed E-state index contributed by atoms with van der Waals surface area (Å²) in [6, 6.07) is 7.10. The van der Waals surface area contributed by atoms with Crippen LogP contribution in [-0.2, 0) is 0 Å². The number of carbonyl (C=O) groups is 1. The van der Waals surface area contributed by atoms with Crippen LogP contribution in [0.25, 0.3) is 11.1 Å². The van der Waals surface area contributed by atoms with E-state index in [2.05, 4.69) is 24.0 Å². The first kappa shape index (κ1) is 19.5. The maximum absolute atomic E-state index is 12.9. The standard InChI is InChI=1S/C20H26F2N4O/c1-14-17(11-26(23-14)19(21)22)15-6-5-7-16(10-15)18(27)25(4)13-20(2)8-9-24(3)12-20/h5-7,10-11,19H,8-9,12-13H2,1-4H3/t20-/m0/s1. The van der Waals surface area contributed by atoms with Crippen LogP contribution in [0.3, 0.4) is 0 Å². The van der Waals surface area contributed by atoms with Crippen LogP contribution in [0, 0.1) is 12.3 Å². The monoisotopic (exact) mass is 376 g/mol. The quantitative estimate of drug-likeness (QED) is 0.800. The molecule has 0 aliphatic carbocycles. The van der Waals surface area contributed by atoms with Gasteiger partial charge in [-0.1, -0.05) is 19.1 Å². The van der Waals surface area contributed by atoms with Crippen molar-refractivity contribution in [1.29, 1.82) is 0 Å². The van der Waals surface area contributed by atoms with E-state index in [4.69, 9.17) is 0 Å². The summed E-state index contributed by atoms with van der Waals surface area (Å²) in [6.07, 6.45) is 2.38. The zero-order valence-electron chi connectivity index (χ0n) is 16.2. The van der Waals surface area contributed by atoms with E-state index in [1.807, 2.05) is 13.1 Å². The molecule has 1 fully saturated rings. The zero-order valence-corrected chi connectivity index (χ0v) is 16.2. The average Bonchev–Trinajstić information content (AvgIpc) is 3.16. The molecule has 1 atom stereocenters. The molecule has 3 rings (SSSR count). The molecule has 0 N–H and O–H groups in total. The molecule has 0 spiro atoms. The van der Waals surface area contributed by atoms with Gasteiger partial charge in [0, 0.05) is 37.5 Å². The Morgan fingerprint density at radius 3 is 2.74 bits per heavy atom. The fraction of sp³-hybridized carbons (Fsp3) is 0.500. The fourth-order valence-electron chi connectivity index (χ4n) is 3.95. The average molecular weight is 376 g/mol. The first-order chi connectivity index (χ1) is 12.7. The van der Waals surface area contributed by atoms with Crippen LogP contribution in [-0.4, -0.2) is 59.2 Å². The van der Waals surface area contributed by atoms with Gasteiger partial charge in [-0.15, -0.1) is 0 Å². The van der Waals surface area contributed by atoms with Gasteiger partial charge in [0.1, 0.15) is 0 Å². The number of rotatable bonds is 5. The molecule has 27 heavy (non-hydrogen) atoms. The highest BCUT2D eigenvalue weighted by molar-refractivity contribution is 5.95. The Morgan fingerprint density at radius 2 is 2.15 bits per heavy atom. The molecular weight excluding hydrogens is 350 g/mol. The van der Waals surface area contributed by atoms with Crippen molar-refractivity contribution in [2.24, 2.45) is 5.41 Å². The smallest absolute Gasteiger partial charge is 0.333 e. The lowest BCUT2D eigenvalue weighted by Crippen LogP contribution is -2.38. The van der Waals surface area contributed by atoms with Crippen molar-refractivity contribution < 1.29 is 13.6 Å². The molecule has 0 radical (unpaired) electrons. The summed E-state index contributed by atoms with van der Waals surface area (Å²) >= 11 is 0. The predicted octanol–water partition coefficient (Wildman–Crippen LogP) is 3.67. The van der Waals surface area contributed by atoms with Gasteiger partial charge in [0.25, 0.3) is 5.91 Å². The van der Waals surface area contributed by atoms with Crippen LogP contribution in [0.5, 0.6) is 0 Å². The number of nitrogens with zero attached hydrogens (tertiary/aromatic N) is 4. The molecular formula is C20H26F2N4O. The van der Waals surface area contributed by atoms with Gasteiger partial charge in [0.05, 0.1) is 5.69 Å². The highest BCUT2D eigenvalue weighted by Gasteiger charge is 2.34. The Morgan fingerprint density at radius 1 is 1.41 bits per heavy atom. The molecule has 0 unspecified atom stereocenters. The van der Waals surface area contributed by atoms with E-state index >= 15 is 0 Å². The minimum atomic E-state index is -2.68. The molecule has 5 nitrogen and oxygen atoms in total. The Balaban J connectivity index is 1.79. The van der Waals surface area contributed by atoms with Gasteiger partial charge >= 0.3 is 6.55 Å². The highest BCUT2D eigenvalue weighted by Crippen LogP contribution is 2.30. The normalized spacial score (nSPS) is 20.4. The Labute approximate surface area is 158 Å². The summed E-state index contributed by atoms with van der Waals surface area (Å²) in [7, 11) is 3.91. The molecule has 1 aromatic carbocycles. The Kier molecular flexibility index (Phi) is 5.33. The minimum absolute atomic E-state index is 0.0634. The SMILES string of the molecule is Cc1nn(C(F)F)cc1-c1cccc(C(=O)N(C)C[C@@]2(C)CCN(C)C2)c1. The number of aryl methyl sites for hydroxylation is 1. The van der Waals surface area contributed by atoms with Gasteiger partial charge in [0.2, 0.25) is 0 Å². The van der Waals surface area contributed by atoms with Crippen LogP contribution in [0.1, 0.15) is 35.9 Å². The lowest BCUT2D eigenvalue weighted by molar-refractivity contribution is 0.0563. The van der Waals surface area contributed by atoms with Crippen molar-refractivity contribution in [3.63, 3.8) is 0 Å². The molecule has 1 aliphatic heterocycles. The van der Waals surface area contributed by atoms with Gasteiger partial charge in [-0.05, 0) is 50.0 Å². The highest BCUT2D eigenvalue weighted by atomic mass is 19.3. The number of likely N-dealkylation sites (tertiary alicyclic amines) is 1. The van der Waals surface area contributed by atoms with E-state index in [1.54, 1.807) is 30.0 Å². The summed E-state index contributed by atoms with van der Waals surface area (Å²) in [4.78, 5) is 16.9. The van der Waals surface area contributed by atoms with Crippen LogP contribution in [0.4, 0.5) is 8.78 Å². The lowest BCUT2D eigenvalue weighted by atomic mass is 9.89. The molecule has 1 aromatic heterocycles. The van der Waals surface area contributed by atoms with Gasteiger partial charge in [-0.3, -0.25) is 4.79 Å². The maximum Gasteiger partial charge on any atom is 0.333 e. The predicted molar refractivity (Wildman–Crippen MR) is 101 cm³/mol. The summed E-state index contributed by atoms with van der Waals surface area (Å²) in [5.74, 6) is -0.0634. The molecule has 146 valence electrons. The second-order valence-corrected chi connectivity index (χ2v) is 7.93. The largest absolute Gasteiger partial charge is 0.341 e. The number of hydrogen-bond donors (Lipinski definition) is 0. The summed E-state index contributed by atoms with van der Waals surface area (Å²) in [6.45, 7) is 3.91. The molecule has 1 saturated heterocycles. The van der Waals surface area contributed by atoms with E-state index in [1.165, 1.54) is 6.20 Å². The number of carbonyl (C=O) groups excluding carboxylic acids is 1. The molecule has 2 heterocycles. The van der Waals surface area contributed by atoms with Crippen molar-refractivity contribution in [3.05, 3.63) is 41.7 Å². The van der Waals surface area contributed by atoms with Crippen molar-refractivity contribution in [3.8, 4) is 11.1 Å². The Hall–Kier alpha value is -2.28. The van der Waals surface area contributed by atoms with Crippen molar-refractivity contribution >= 4 is 5.91 Å². The van der Waals surface area contributed by atoms with E-state index in [0.717, 1.165) is 19.5 Å². The lowest BCUT2D eigenvalue weighted by Gasteiger charge is -2.30. The van der Waals surface area contributed by atoms with Gasteiger partial charge in [-0.2, -0.15) is 13.9 Å². The number of amides is 1. The minimum Gasteiger partial charge on any atom is -0.341 e. The number of hydrogen-bond acceptors (Lipinski definition) is 3. The second kappa shape index (κ2) is 7.38. The summed E-state index contributed by atoms with van der Waals surface area (Å²) in [5, 5.41) is 3.85. The van der Waals surface area contributed by atoms with E-state index < -0.39 is 6.55 Å². The van der Waals surface area contributed by atoms with Gasteiger partial charge in [0.15, 0.2) is 0 Å². The number of aromatic nitrogens is 2. The maximum atomic E-state index is 12.9. The first-order valence-corrected chi connectivity index (χ1v) is 9.07. The van der Waals surface area contributed by atoms with Crippen molar-refractivity contribution in [1.82, 2.24) is 19.6 Å². The fourth-order valence-corrected chi connectivity index (χ4v) is 3.95. The first-order valence-electron chi connectivity index (χ1n) is 9.07. The molecule has 1 aliphatic rings. The van der Waals surface area contributed by atoms with Gasteiger partial charge < -0.3 is 9.80 Å². The van der Waals surface area contributed by atoms with Crippen molar-refractivity contribution in [2.75, 3.05) is 33.7 Å². The Bertz CT molecular complexity index is 835. The topological polar surface area (TPSA) is 41.4 Å². The van der Waals surface area contributed by atoms with Crippen LogP contribution in [0.2, 0.25) is 0 Å². The number of benzene rings is 1. The van der Waals surface area contributed by atoms with Gasteiger partial charge in [-0.25, -0.2) is 4.68 Å². The van der Waals surface area contributed by atoms with Crippen LogP contribution < -0.4 is 0 Å². The molecule has 2 aromatic rings. The van der Waals surface area contributed by atoms with E-state index in [0.29, 0.717) is 33.6 Å². The number of alkyl halides is 2. The van der Waals surface area contributed by atoms with Crippen molar-refractivity contribution in [2.45, 2.75) is 26.8 Å². The van der Waals surface area contributed by atoms with Crippen LogP contribution >= 0.6 is 0 Å². The number of halogens is 2. The third-order valence-corrected chi connectivity index (χ3v) is 5.25.